The number of likely N-dealkylation sites (tertiary alicyclic amines) is 1. The van der Waals surface area contributed by atoms with E-state index in [-0.39, 0.29) is 25.0 Å². The molecule has 6 nitrogen and oxygen atoms in total. The van der Waals surface area contributed by atoms with Crippen molar-refractivity contribution in [2.24, 2.45) is 5.92 Å². The minimum absolute atomic E-state index is 0.0323. The molecule has 1 fully saturated rings. The van der Waals surface area contributed by atoms with Gasteiger partial charge in [0, 0.05) is 19.0 Å². The van der Waals surface area contributed by atoms with Crippen LogP contribution in [-0.4, -0.2) is 61.5 Å². The molecule has 2 aromatic rings. The molecule has 7 heteroatoms. The van der Waals surface area contributed by atoms with Gasteiger partial charge in [-0.3, -0.25) is 4.79 Å². The van der Waals surface area contributed by atoms with Crippen molar-refractivity contribution in [1.29, 1.82) is 0 Å². The Kier molecular flexibility index (Phi) is 8.82. The van der Waals surface area contributed by atoms with E-state index in [2.05, 4.69) is 4.90 Å². The first-order valence-electron chi connectivity index (χ1n) is 10.6. The number of piperidine rings is 1. The minimum Gasteiger partial charge on any atom is -0.493 e. The molecule has 1 saturated heterocycles. The number of nitrogens with zero attached hydrogens (tertiary/aromatic N) is 1. The highest BCUT2D eigenvalue weighted by atomic mass is 19.1. The van der Waals surface area contributed by atoms with Crippen LogP contribution in [-0.2, 0) is 4.74 Å². The molecule has 31 heavy (non-hydrogen) atoms. The SMILES string of the molecule is CC(=O)c1ccccc1OCOCC(O)CN1CCCC(COc2ccc(F)cc2)C1. The van der Waals surface area contributed by atoms with Gasteiger partial charge in [0.25, 0.3) is 0 Å². The lowest BCUT2D eigenvalue weighted by atomic mass is 9.98. The number of ether oxygens (including phenoxy) is 3. The zero-order chi connectivity index (χ0) is 22.1. The summed E-state index contributed by atoms with van der Waals surface area (Å²) in [5.41, 5.74) is 0.508. The molecule has 0 aromatic heterocycles. The van der Waals surface area contributed by atoms with Gasteiger partial charge in [0.1, 0.15) is 17.3 Å². The molecule has 3 rings (SSSR count). The Balaban J connectivity index is 1.34. The molecule has 0 aliphatic carbocycles. The molecule has 2 atom stereocenters. The standard InChI is InChI=1S/C24H30FNO5/c1-18(27)23-6-2-3-7-24(23)31-17-29-16-21(28)14-26-12-4-5-19(13-26)15-30-22-10-8-20(25)9-11-22/h2-3,6-11,19,21,28H,4-5,12-17H2,1H3. The molecule has 1 heterocycles. The zero-order valence-electron chi connectivity index (χ0n) is 17.8. The van der Waals surface area contributed by atoms with Crippen molar-refractivity contribution in [2.75, 3.05) is 39.6 Å². The van der Waals surface area contributed by atoms with Crippen LogP contribution in [0.1, 0.15) is 30.1 Å². The van der Waals surface area contributed by atoms with Crippen molar-refractivity contribution >= 4 is 5.78 Å². The summed E-state index contributed by atoms with van der Waals surface area (Å²) in [5.74, 6) is 1.15. The molecular weight excluding hydrogens is 401 g/mol. The summed E-state index contributed by atoms with van der Waals surface area (Å²) < 4.78 is 29.7. The third kappa shape index (κ3) is 7.61. The smallest absolute Gasteiger partial charge is 0.189 e. The third-order valence-corrected chi connectivity index (χ3v) is 5.25. The average Bonchev–Trinajstić information content (AvgIpc) is 2.77. The summed E-state index contributed by atoms with van der Waals surface area (Å²) in [6.07, 6.45) is 1.47. The van der Waals surface area contributed by atoms with Crippen molar-refractivity contribution in [3.8, 4) is 11.5 Å². The average molecular weight is 432 g/mol. The van der Waals surface area contributed by atoms with E-state index in [1.165, 1.54) is 19.1 Å². The summed E-state index contributed by atoms with van der Waals surface area (Å²) in [5, 5.41) is 10.3. The van der Waals surface area contributed by atoms with Crippen molar-refractivity contribution in [3.63, 3.8) is 0 Å². The Morgan fingerprint density at radius 2 is 1.97 bits per heavy atom. The van der Waals surface area contributed by atoms with Crippen LogP contribution < -0.4 is 9.47 Å². The Hall–Kier alpha value is -2.48. The van der Waals surface area contributed by atoms with Crippen LogP contribution in [0.25, 0.3) is 0 Å². The number of rotatable bonds is 11. The monoisotopic (exact) mass is 431 g/mol. The fourth-order valence-corrected chi connectivity index (χ4v) is 3.72. The Morgan fingerprint density at radius 3 is 2.74 bits per heavy atom. The van der Waals surface area contributed by atoms with Gasteiger partial charge in [-0.2, -0.15) is 0 Å². The number of benzene rings is 2. The maximum atomic E-state index is 13.0. The number of ketones is 1. The normalized spacial score (nSPS) is 17.8. The van der Waals surface area contributed by atoms with Gasteiger partial charge in [-0.15, -0.1) is 0 Å². The third-order valence-electron chi connectivity index (χ3n) is 5.25. The van der Waals surface area contributed by atoms with Gasteiger partial charge in [-0.1, -0.05) is 12.1 Å². The second-order valence-electron chi connectivity index (χ2n) is 7.87. The van der Waals surface area contributed by atoms with Crippen LogP contribution in [0.15, 0.2) is 48.5 Å². The first-order valence-corrected chi connectivity index (χ1v) is 10.6. The molecule has 0 bridgehead atoms. The Labute approximate surface area is 182 Å². The van der Waals surface area contributed by atoms with E-state index >= 15 is 0 Å². The Morgan fingerprint density at radius 1 is 1.19 bits per heavy atom. The highest BCUT2D eigenvalue weighted by molar-refractivity contribution is 5.96. The van der Waals surface area contributed by atoms with Gasteiger partial charge < -0.3 is 24.2 Å². The van der Waals surface area contributed by atoms with Crippen molar-refractivity contribution in [2.45, 2.75) is 25.9 Å². The molecule has 1 aliphatic heterocycles. The van der Waals surface area contributed by atoms with Gasteiger partial charge in [0.05, 0.1) is 24.9 Å². The number of halogens is 1. The van der Waals surface area contributed by atoms with Crippen molar-refractivity contribution < 1.29 is 28.5 Å². The maximum Gasteiger partial charge on any atom is 0.189 e. The van der Waals surface area contributed by atoms with Gasteiger partial charge in [-0.25, -0.2) is 4.39 Å². The molecule has 1 N–H and O–H groups in total. The molecule has 0 radical (unpaired) electrons. The summed E-state index contributed by atoms with van der Waals surface area (Å²) in [4.78, 5) is 13.8. The van der Waals surface area contributed by atoms with Crippen LogP contribution in [0.2, 0.25) is 0 Å². The van der Waals surface area contributed by atoms with E-state index in [9.17, 15) is 14.3 Å². The number of carbonyl (C=O) groups excluding carboxylic acids is 1. The highest BCUT2D eigenvalue weighted by Gasteiger charge is 2.22. The molecular formula is C24H30FNO5. The highest BCUT2D eigenvalue weighted by Crippen LogP contribution is 2.20. The second-order valence-corrected chi connectivity index (χ2v) is 7.87. The summed E-state index contributed by atoms with van der Waals surface area (Å²) in [6, 6.07) is 13.1. The van der Waals surface area contributed by atoms with E-state index in [4.69, 9.17) is 14.2 Å². The van der Waals surface area contributed by atoms with Crippen LogP contribution >= 0.6 is 0 Å². The first kappa shape index (κ1) is 23.2. The quantitative estimate of drug-likeness (QED) is 0.334. The molecule has 0 saturated carbocycles. The van der Waals surface area contributed by atoms with Gasteiger partial charge >= 0.3 is 0 Å². The summed E-state index contributed by atoms with van der Waals surface area (Å²) >= 11 is 0. The van der Waals surface area contributed by atoms with Crippen LogP contribution in [0, 0.1) is 11.7 Å². The number of aliphatic hydroxyl groups is 1. The number of hydrogen-bond acceptors (Lipinski definition) is 6. The van der Waals surface area contributed by atoms with E-state index in [1.807, 2.05) is 0 Å². The molecule has 168 valence electrons. The summed E-state index contributed by atoms with van der Waals surface area (Å²) in [6.45, 7) is 4.44. The number of hydrogen-bond donors (Lipinski definition) is 1. The summed E-state index contributed by atoms with van der Waals surface area (Å²) in [7, 11) is 0. The van der Waals surface area contributed by atoms with Gasteiger partial charge in [-0.05, 0) is 62.7 Å². The molecule has 0 amide bonds. The van der Waals surface area contributed by atoms with Crippen LogP contribution in [0.3, 0.4) is 0 Å². The molecule has 0 spiro atoms. The number of β-amino-alcohol motifs (C(OH)–C–C–N with tert-alkyl or cyclic N) is 1. The lowest BCUT2D eigenvalue weighted by molar-refractivity contribution is -0.0414. The minimum atomic E-state index is -0.636. The topological polar surface area (TPSA) is 68.2 Å². The fourth-order valence-electron chi connectivity index (χ4n) is 3.72. The van der Waals surface area contributed by atoms with Crippen molar-refractivity contribution in [3.05, 3.63) is 59.9 Å². The van der Waals surface area contributed by atoms with E-state index in [0.717, 1.165) is 25.9 Å². The number of Topliss-reactive ketones (excluding diaryl/α,β-unsaturated/α-hetero) is 1. The van der Waals surface area contributed by atoms with E-state index < -0.39 is 6.10 Å². The van der Waals surface area contributed by atoms with Crippen LogP contribution in [0.5, 0.6) is 11.5 Å². The predicted molar refractivity (Wildman–Crippen MR) is 115 cm³/mol. The van der Waals surface area contributed by atoms with Gasteiger partial charge in [0.2, 0.25) is 0 Å². The predicted octanol–water partition coefficient (Wildman–Crippen LogP) is 3.53. The second kappa shape index (κ2) is 11.8. The van der Waals surface area contributed by atoms with Gasteiger partial charge in [0.15, 0.2) is 12.6 Å². The fraction of sp³-hybridized carbons (Fsp3) is 0.458. The zero-order valence-corrected chi connectivity index (χ0v) is 17.8. The maximum absolute atomic E-state index is 13.0. The molecule has 2 unspecified atom stereocenters. The van der Waals surface area contributed by atoms with E-state index in [0.29, 0.717) is 36.1 Å². The number of carbonyl (C=O) groups is 1. The largest absolute Gasteiger partial charge is 0.493 e. The van der Waals surface area contributed by atoms with Crippen LogP contribution in [0.4, 0.5) is 4.39 Å². The number of para-hydroxylation sites is 1. The number of aliphatic hydroxyl groups excluding tert-OH is 1. The molecule has 2 aromatic carbocycles. The molecule has 1 aliphatic rings. The van der Waals surface area contributed by atoms with E-state index in [1.54, 1.807) is 36.4 Å². The first-order chi connectivity index (χ1) is 15.0. The lowest BCUT2D eigenvalue weighted by Gasteiger charge is -2.33. The lowest BCUT2D eigenvalue weighted by Crippen LogP contribution is -2.42. The Bertz CT molecular complexity index is 829. The van der Waals surface area contributed by atoms with Crippen molar-refractivity contribution in [1.82, 2.24) is 4.90 Å².